The first-order valence-corrected chi connectivity index (χ1v) is 7.56. The van der Waals surface area contributed by atoms with Gasteiger partial charge in [-0.25, -0.2) is 0 Å². The third-order valence-electron chi connectivity index (χ3n) is 3.33. The topological polar surface area (TPSA) is 39.6 Å². The molecule has 0 aliphatic rings. The van der Waals surface area contributed by atoms with Crippen LogP contribution in [0.15, 0.2) is 42.6 Å². The first-order valence-electron chi connectivity index (χ1n) is 6.42. The largest absolute Gasteiger partial charge is 0.361 e. The molecule has 0 fully saturated rings. The van der Waals surface area contributed by atoms with Crippen LogP contribution in [-0.2, 0) is 0 Å². The van der Waals surface area contributed by atoms with Gasteiger partial charge in [-0.1, -0.05) is 40.9 Å². The summed E-state index contributed by atoms with van der Waals surface area (Å²) in [5.41, 5.74) is 3.06. The number of aromatic amines is 1. The second-order valence-corrected chi connectivity index (χ2v) is 5.98. The van der Waals surface area contributed by atoms with Gasteiger partial charge in [0.25, 0.3) is 0 Å². The zero-order valence-corrected chi connectivity index (χ0v) is 13.5. The normalized spacial score (nSPS) is 11.6. The van der Waals surface area contributed by atoms with Gasteiger partial charge in [-0.2, -0.15) is 5.26 Å². The fourth-order valence-corrected chi connectivity index (χ4v) is 2.70. The van der Waals surface area contributed by atoms with Crippen molar-refractivity contribution in [3.8, 4) is 6.07 Å². The van der Waals surface area contributed by atoms with Crippen LogP contribution in [0.25, 0.3) is 22.6 Å². The lowest BCUT2D eigenvalue weighted by Crippen LogP contribution is -1.82. The molecule has 5 heteroatoms. The van der Waals surface area contributed by atoms with Crippen LogP contribution in [0, 0.1) is 11.3 Å². The fraction of sp³-hybridized carbons (Fsp3) is 0. The van der Waals surface area contributed by atoms with Gasteiger partial charge >= 0.3 is 0 Å². The van der Waals surface area contributed by atoms with Crippen molar-refractivity contribution < 1.29 is 0 Å². The Morgan fingerprint density at radius 3 is 2.59 bits per heavy atom. The number of aromatic nitrogens is 1. The number of halogens is 3. The third-order valence-corrected chi connectivity index (χ3v) is 4.30. The Morgan fingerprint density at radius 1 is 1.05 bits per heavy atom. The summed E-state index contributed by atoms with van der Waals surface area (Å²) >= 11 is 18.0. The van der Waals surface area contributed by atoms with Crippen LogP contribution in [0.1, 0.15) is 11.1 Å². The number of hydrogen-bond donors (Lipinski definition) is 1. The summed E-state index contributed by atoms with van der Waals surface area (Å²) < 4.78 is 0. The zero-order valence-electron chi connectivity index (χ0n) is 11.2. The van der Waals surface area contributed by atoms with Crippen LogP contribution >= 0.6 is 34.8 Å². The quantitative estimate of drug-likeness (QED) is 0.551. The number of benzene rings is 2. The molecule has 1 aromatic heterocycles. The molecule has 0 bridgehead atoms. The standard InChI is InChI=1S/C17H9Cl3N2/c18-13-2-4-17-14(7-13)12(9-22-17)5-11(8-21)10-1-3-15(19)16(20)6-10/h1-7,9,22H/b11-5+. The summed E-state index contributed by atoms with van der Waals surface area (Å²) in [7, 11) is 0. The number of nitrogens with one attached hydrogen (secondary N) is 1. The minimum atomic E-state index is 0.419. The van der Waals surface area contributed by atoms with Crippen molar-refractivity contribution in [3.05, 3.63) is 68.8 Å². The third kappa shape index (κ3) is 2.84. The molecule has 108 valence electrons. The number of nitrogens with zero attached hydrogens (tertiary/aromatic N) is 1. The van der Waals surface area contributed by atoms with Crippen LogP contribution in [0.2, 0.25) is 15.1 Å². The van der Waals surface area contributed by atoms with E-state index >= 15 is 0 Å². The maximum Gasteiger partial charge on any atom is 0.0998 e. The highest BCUT2D eigenvalue weighted by atomic mass is 35.5. The highest BCUT2D eigenvalue weighted by Gasteiger charge is 2.07. The Hall–Kier alpha value is -1.92. The monoisotopic (exact) mass is 346 g/mol. The zero-order chi connectivity index (χ0) is 15.7. The fourth-order valence-electron chi connectivity index (χ4n) is 2.23. The van der Waals surface area contributed by atoms with Crippen molar-refractivity contribution in [1.29, 1.82) is 5.26 Å². The molecule has 22 heavy (non-hydrogen) atoms. The molecule has 2 aromatic carbocycles. The van der Waals surface area contributed by atoms with Crippen molar-refractivity contribution in [3.63, 3.8) is 0 Å². The molecule has 2 nitrogen and oxygen atoms in total. The molecule has 1 heterocycles. The molecule has 3 aromatic rings. The van der Waals surface area contributed by atoms with E-state index < -0.39 is 0 Å². The molecule has 0 atom stereocenters. The molecule has 3 rings (SSSR count). The van der Waals surface area contributed by atoms with Gasteiger partial charge in [0.1, 0.15) is 0 Å². The summed E-state index contributed by atoms with van der Waals surface area (Å²) in [6.07, 6.45) is 3.64. The molecule has 0 saturated carbocycles. The number of rotatable bonds is 2. The van der Waals surface area contributed by atoms with E-state index in [1.807, 2.05) is 24.4 Å². The SMILES string of the molecule is N#C/C(=C\c1c[nH]c2ccc(Cl)cc12)c1ccc(Cl)c(Cl)c1. The van der Waals surface area contributed by atoms with E-state index in [9.17, 15) is 5.26 Å². The molecule has 0 saturated heterocycles. The molecule has 0 aliphatic heterocycles. The number of fused-ring (bicyclic) bond motifs is 1. The number of H-pyrrole nitrogens is 1. The van der Waals surface area contributed by atoms with Crippen molar-refractivity contribution in [1.82, 2.24) is 4.98 Å². The van der Waals surface area contributed by atoms with Crippen LogP contribution in [0.5, 0.6) is 0 Å². The molecule has 0 spiro atoms. The molecule has 0 aliphatic carbocycles. The van der Waals surface area contributed by atoms with E-state index in [4.69, 9.17) is 34.8 Å². The van der Waals surface area contributed by atoms with E-state index in [-0.39, 0.29) is 0 Å². The maximum absolute atomic E-state index is 9.43. The Bertz CT molecular complexity index is 933. The second kappa shape index (κ2) is 6.06. The molecular formula is C17H9Cl3N2. The van der Waals surface area contributed by atoms with E-state index in [2.05, 4.69) is 11.1 Å². The first-order chi connectivity index (χ1) is 10.6. The van der Waals surface area contributed by atoms with Crippen molar-refractivity contribution in [2.75, 3.05) is 0 Å². The Kier molecular flexibility index (Phi) is 4.13. The van der Waals surface area contributed by atoms with Gasteiger partial charge in [0.15, 0.2) is 0 Å². The van der Waals surface area contributed by atoms with Gasteiger partial charge in [0, 0.05) is 27.7 Å². The summed E-state index contributed by atoms with van der Waals surface area (Å²) in [4.78, 5) is 3.16. The van der Waals surface area contributed by atoms with Gasteiger partial charge in [-0.05, 0) is 42.0 Å². The van der Waals surface area contributed by atoms with Crippen LogP contribution in [0.3, 0.4) is 0 Å². The highest BCUT2D eigenvalue weighted by molar-refractivity contribution is 6.42. The lowest BCUT2D eigenvalue weighted by atomic mass is 10.0. The smallest absolute Gasteiger partial charge is 0.0998 e. The summed E-state index contributed by atoms with van der Waals surface area (Å²) in [6, 6.07) is 12.9. The Labute approximate surface area is 142 Å². The Morgan fingerprint density at radius 2 is 1.86 bits per heavy atom. The second-order valence-electron chi connectivity index (χ2n) is 4.73. The van der Waals surface area contributed by atoms with Gasteiger partial charge in [-0.15, -0.1) is 0 Å². The van der Waals surface area contributed by atoms with Crippen LogP contribution in [-0.4, -0.2) is 4.98 Å². The van der Waals surface area contributed by atoms with Crippen molar-refractivity contribution >= 4 is 57.4 Å². The highest BCUT2D eigenvalue weighted by Crippen LogP contribution is 2.29. The van der Waals surface area contributed by atoms with E-state index in [0.29, 0.717) is 26.2 Å². The van der Waals surface area contributed by atoms with Crippen molar-refractivity contribution in [2.24, 2.45) is 0 Å². The maximum atomic E-state index is 9.43. The number of hydrogen-bond acceptors (Lipinski definition) is 1. The number of nitriles is 1. The molecule has 0 radical (unpaired) electrons. The predicted molar refractivity (Wildman–Crippen MR) is 93.3 cm³/mol. The summed E-state index contributed by atoms with van der Waals surface area (Å²) in [5.74, 6) is 0. The van der Waals surface area contributed by atoms with E-state index in [1.54, 1.807) is 24.3 Å². The van der Waals surface area contributed by atoms with Gasteiger partial charge in [-0.3, -0.25) is 0 Å². The average Bonchev–Trinajstić information content (AvgIpc) is 2.90. The van der Waals surface area contributed by atoms with Crippen molar-refractivity contribution in [2.45, 2.75) is 0 Å². The minimum Gasteiger partial charge on any atom is -0.361 e. The van der Waals surface area contributed by atoms with Gasteiger partial charge in [0.05, 0.1) is 21.7 Å². The van der Waals surface area contributed by atoms with E-state index in [1.165, 1.54) is 0 Å². The minimum absolute atomic E-state index is 0.419. The predicted octanol–water partition coefficient (Wildman–Crippen LogP) is 6.19. The Balaban J connectivity index is 2.12. The van der Waals surface area contributed by atoms with Crippen LogP contribution in [0.4, 0.5) is 0 Å². The van der Waals surface area contributed by atoms with Gasteiger partial charge < -0.3 is 4.98 Å². The summed E-state index contributed by atoms with van der Waals surface area (Å²) in [5, 5.41) is 11.9. The summed E-state index contributed by atoms with van der Waals surface area (Å²) in [6.45, 7) is 0. The molecule has 1 N–H and O–H groups in total. The lowest BCUT2D eigenvalue weighted by Gasteiger charge is -2.02. The molecule has 0 amide bonds. The molecular weight excluding hydrogens is 339 g/mol. The van der Waals surface area contributed by atoms with Crippen LogP contribution < -0.4 is 0 Å². The number of allylic oxidation sites excluding steroid dienone is 1. The van der Waals surface area contributed by atoms with E-state index in [0.717, 1.165) is 16.5 Å². The lowest BCUT2D eigenvalue weighted by molar-refractivity contribution is 1.47. The average molecular weight is 348 g/mol. The molecule has 0 unspecified atom stereocenters. The van der Waals surface area contributed by atoms with Gasteiger partial charge in [0.2, 0.25) is 0 Å². The first kappa shape index (κ1) is 15.0.